The Kier molecular flexibility index (Phi) is 6.60. The van der Waals surface area contributed by atoms with E-state index in [0.717, 1.165) is 11.1 Å². The molecule has 1 heterocycles. The number of carbonyl (C=O) groups excluding carboxylic acids is 1. The number of amides is 1. The minimum absolute atomic E-state index is 0.0828. The highest BCUT2D eigenvalue weighted by molar-refractivity contribution is 6.36. The summed E-state index contributed by atoms with van der Waals surface area (Å²) in [5, 5.41) is 7.90. The molecule has 5 nitrogen and oxygen atoms in total. The molecule has 0 spiro atoms. The maximum atomic E-state index is 12.1. The molecule has 3 rings (SSSR count). The molecule has 2 aromatic carbocycles. The fraction of sp³-hybridized carbons (Fsp3) is 0.318. The summed E-state index contributed by atoms with van der Waals surface area (Å²) in [6, 6.07) is 13.4. The van der Waals surface area contributed by atoms with E-state index in [1.54, 1.807) is 18.2 Å². The van der Waals surface area contributed by atoms with Gasteiger partial charge in [0.25, 0.3) is 0 Å². The lowest BCUT2D eigenvalue weighted by molar-refractivity contribution is -0.121. The van der Waals surface area contributed by atoms with Crippen LogP contribution in [-0.4, -0.2) is 16.0 Å². The third kappa shape index (κ3) is 5.58. The second kappa shape index (κ2) is 8.97. The van der Waals surface area contributed by atoms with Gasteiger partial charge in [-0.05, 0) is 35.1 Å². The average molecular weight is 432 g/mol. The molecular formula is C22H23Cl2N3O2. The molecule has 3 aromatic rings. The van der Waals surface area contributed by atoms with Gasteiger partial charge in [0.2, 0.25) is 17.6 Å². The number of aromatic nitrogens is 2. The quantitative estimate of drug-likeness (QED) is 0.552. The van der Waals surface area contributed by atoms with Crippen LogP contribution in [0.5, 0.6) is 0 Å². The summed E-state index contributed by atoms with van der Waals surface area (Å²) in [4.78, 5) is 16.5. The summed E-state index contributed by atoms with van der Waals surface area (Å²) >= 11 is 12.3. The van der Waals surface area contributed by atoms with Gasteiger partial charge in [0.05, 0.1) is 6.54 Å². The number of hydrogen-bond acceptors (Lipinski definition) is 4. The van der Waals surface area contributed by atoms with Crippen molar-refractivity contribution in [2.45, 2.75) is 45.6 Å². The van der Waals surface area contributed by atoms with Gasteiger partial charge < -0.3 is 9.84 Å². The van der Waals surface area contributed by atoms with Crippen molar-refractivity contribution < 1.29 is 9.32 Å². The highest BCUT2D eigenvalue weighted by Crippen LogP contribution is 2.26. The molecule has 1 N–H and O–H groups in total. The van der Waals surface area contributed by atoms with Gasteiger partial charge in [0, 0.05) is 22.0 Å². The Morgan fingerprint density at radius 3 is 2.34 bits per heavy atom. The van der Waals surface area contributed by atoms with Gasteiger partial charge >= 0.3 is 0 Å². The standard InChI is InChI=1S/C22H23Cl2N3O2/c1-22(2,3)15-9-7-14(8-10-15)21-26-20(29-27-21)13-25-19(28)12-11-16-17(23)5-4-6-18(16)24/h4-10H,11-13H2,1-3H3,(H,25,28). The zero-order valence-electron chi connectivity index (χ0n) is 16.6. The molecule has 0 aliphatic heterocycles. The molecular weight excluding hydrogens is 409 g/mol. The summed E-state index contributed by atoms with van der Waals surface area (Å²) in [6.45, 7) is 6.66. The predicted molar refractivity (Wildman–Crippen MR) is 115 cm³/mol. The molecule has 7 heteroatoms. The molecule has 0 aliphatic carbocycles. The van der Waals surface area contributed by atoms with Crippen LogP contribution < -0.4 is 5.32 Å². The van der Waals surface area contributed by atoms with Gasteiger partial charge in [0.15, 0.2) is 0 Å². The molecule has 0 atom stereocenters. The third-order valence-corrected chi connectivity index (χ3v) is 5.29. The van der Waals surface area contributed by atoms with Crippen molar-refractivity contribution in [3.8, 4) is 11.4 Å². The van der Waals surface area contributed by atoms with E-state index < -0.39 is 0 Å². The van der Waals surface area contributed by atoms with E-state index in [1.807, 2.05) is 12.1 Å². The largest absolute Gasteiger partial charge is 0.347 e. The lowest BCUT2D eigenvalue weighted by Gasteiger charge is -2.18. The summed E-state index contributed by atoms with van der Waals surface area (Å²) in [5.41, 5.74) is 2.95. The minimum Gasteiger partial charge on any atom is -0.347 e. The Morgan fingerprint density at radius 2 is 1.72 bits per heavy atom. The van der Waals surface area contributed by atoms with Crippen molar-refractivity contribution in [3.63, 3.8) is 0 Å². The third-order valence-electron chi connectivity index (χ3n) is 4.58. The predicted octanol–water partition coefficient (Wildman–Crippen LogP) is 5.59. The minimum atomic E-state index is -0.143. The second-order valence-electron chi connectivity index (χ2n) is 7.82. The van der Waals surface area contributed by atoms with Crippen LogP contribution in [0.3, 0.4) is 0 Å². The van der Waals surface area contributed by atoms with Crippen LogP contribution in [0.15, 0.2) is 47.0 Å². The van der Waals surface area contributed by atoms with Gasteiger partial charge in [-0.3, -0.25) is 4.79 Å². The van der Waals surface area contributed by atoms with Gasteiger partial charge in [-0.15, -0.1) is 0 Å². The molecule has 0 saturated heterocycles. The van der Waals surface area contributed by atoms with Gasteiger partial charge in [-0.25, -0.2) is 0 Å². The maximum absolute atomic E-state index is 12.1. The number of rotatable bonds is 6. The molecule has 0 unspecified atom stereocenters. The number of benzene rings is 2. The summed E-state index contributed by atoms with van der Waals surface area (Å²) in [6.07, 6.45) is 0.720. The highest BCUT2D eigenvalue weighted by atomic mass is 35.5. The van der Waals surface area contributed by atoms with E-state index >= 15 is 0 Å². The highest BCUT2D eigenvalue weighted by Gasteiger charge is 2.15. The van der Waals surface area contributed by atoms with Crippen molar-refractivity contribution in [1.82, 2.24) is 15.5 Å². The van der Waals surface area contributed by atoms with E-state index in [4.69, 9.17) is 27.7 Å². The van der Waals surface area contributed by atoms with E-state index in [9.17, 15) is 4.79 Å². The SMILES string of the molecule is CC(C)(C)c1ccc(-c2noc(CNC(=O)CCc3c(Cl)cccc3Cl)n2)cc1. The molecule has 152 valence electrons. The van der Waals surface area contributed by atoms with Crippen molar-refractivity contribution in [2.24, 2.45) is 0 Å². The topological polar surface area (TPSA) is 68.0 Å². The van der Waals surface area contributed by atoms with Crippen LogP contribution in [0.25, 0.3) is 11.4 Å². The van der Waals surface area contributed by atoms with Gasteiger partial charge in [-0.2, -0.15) is 4.98 Å². The van der Waals surface area contributed by atoms with Crippen LogP contribution in [0.4, 0.5) is 0 Å². The fourth-order valence-corrected chi connectivity index (χ4v) is 3.42. The molecule has 1 aromatic heterocycles. The number of carbonyl (C=O) groups is 1. The van der Waals surface area contributed by atoms with Crippen molar-refractivity contribution in [3.05, 3.63) is 69.5 Å². The normalized spacial score (nSPS) is 11.5. The lowest BCUT2D eigenvalue weighted by atomic mass is 9.87. The Labute approximate surface area is 180 Å². The van der Waals surface area contributed by atoms with Crippen LogP contribution in [0.1, 0.15) is 44.2 Å². The summed E-state index contributed by atoms with van der Waals surface area (Å²) in [7, 11) is 0. The average Bonchev–Trinajstić information content (AvgIpc) is 3.14. The molecule has 0 saturated carbocycles. The smallest absolute Gasteiger partial charge is 0.246 e. The summed E-state index contributed by atoms with van der Waals surface area (Å²) < 4.78 is 5.25. The first-order valence-corrected chi connectivity index (χ1v) is 10.1. The Morgan fingerprint density at radius 1 is 1.07 bits per heavy atom. The van der Waals surface area contributed by atoms with E-state index in [0.29, 0.717) is 28.2 Å². The summed E-state index contributed by atoms with van der Waals surface area (Å²) in [5.74, 6) is 0.705. The van der Waals surface area contributed by atoms with Crippen molar-refractivity contribution in [1.29, 1.82) is 0 Å². The van der Waals surface area contributed by atoms with Crippen LogP contribution in [0, 0.1) is 0 Å². The van der Waals surface area contributed by atoms with E-state index in [-0.39, 0.29) is 24.3 Å². The zero-order chi connectivity index (χ0) is 21.0. The van der Waals surface area contributed by atoms with Crippen LogP contribution in [0.2, 0.25) is 10.0 Å². The molecule has 1 amide bonds. The fourth-order valence-electron chi connectivity index (χ4n) is 2.84. The van der Waals surface area contributed by atoms with Gasteiger partial charge in [0.1, 0.15) is 0 Å². The number of nitrogens with one attached hydrogen (secondary N) is 1. The second-order valence-corrected chi connectivity index (χ2v) is 8.63. The number of nitrogens with zero attached hydrogens (tertiary/aromatic N) is 2. The Hall–Kier alpha value is -2.37. The Bertz CT molecular complexity index is 972. The monoisotopic (exact) mass is 431 g/mol. The Balaban J connectivity index is 1.54. The van der Waals surface area contributed by atoms with Crippen molar-refractivity contribution >= 4 is 29.1 Å². The van der Waals surface area contributed by atoms with Crippen LogP contribution >= 0.6 is 23.2 Å². The zero-order valence-corrected chi connectivity index (χ0v) is 18.1. The lowest BCUT2D eigenvalue weighted by Crippen LogP contribution is -2.23. The first kappa shape index (κ1) is 21.3. The number of halogens is 2. The first-order chi connectivity index (χ1) is 13.7. The first-order valence-electron chi connectivity index (χ1n) is 9.37. The van der Waals surface area contributed by atoms with E-state index in [2.05, 4.69) is 48.4 Å². The molecule has 0 aliphatic rings. The molecule has 29 heavy (non-hydrogen) atoms. The number of hydrogen-bond donors (Lipinski definition) is 1. The molecule has 0 bridgehead atoms. The molecule has 0 fully saturated rings. The van der Waals surface area contributed by atoms with Crippen LogP contribution in [-0.2, 0) is 23.2 Å². The molecule has 0 radical (unpaired) electrons. The maximum Gasteiger partial charge on any atom is 0.246 e. The van der Waals surface area contributed by atoms with Gasteiger partial charge in [-0.1, -0.05) is 79.5 Å². The van der Waals surface area contributed by atoms with E-state index in [1.165, 1.54) is 5.56 Å². The van der Waals surface area contributed by atoms with Crippen molar-refractivity contribution in [2.75, 3.05) is 0 Å².